The van der Waals surface area contributed by atoms with E-state index in [-0.39, 0.29) is 64.8 Å². The van der Waals surface area contributed by atoms with E-state index in [0.717, 1.165) is 21.5 Å². The fourth-order valence-electron chi connectivity index (χ4n) is 14.6. The summed E-state index contributed by atoms with van der Waals surface area (Å²) in [4.78, 5) is 154. The zero-order valence-electron chi connectivity index (χ0n) is 64.8. The number of fused-ring (bicyclic) bond motifs is 2. The van der Waals surface area contributed by atoms with Crippen LogP contribution < -0.4 is 62.8 Å². The number of hydroxylamine groups is 1. The van der Waals surface area contributed by atoms with Crippen molar-refractivity contribution in [3.05, 3.63) is 179 Å². The minimum absolute atomic E-state index is 0.00343. The van der Waals surface area contributed by atoms with Crippen LogP contribution in [0.3, 0.4) is 0 Å². The summed E-state index contributed by atoms with van der Waals surface area (Å²) in [5, 5.41) is 58.5. The number of likely N-dealkylation sites (tertiary alicyclic amines) is 2. The number of rotatable bonds is 14. The van der Waals surface area contributed by atoms with Gasteiger partial charge in [0.05, 0.1) is 42.6 Å². The average Bonchev–Trinajstić information content (AvgIpc) is 1.64. The van der Waals surface area contributed by atoms with Crippen molar-refractivity contribution in [2.45, 2.75) is 186 Å². The Morgan fingerprint density at radius 3 is 1.36 bits per heavy atom. The number of nitrogens with one attached hydrogen (secondary N) is 10. The molecule has 8 bridgehead atoms. The number of aromatic nitrogens is 6. The standard InChI is InChI=1S/C81H98N18O14/c1-45(82-9)70(100)88-67(80(3,4)5)76(106)96-33-31-63-65(96)74(104)85-60(39-49-19-25-51-15-11-13-17-53(51)35-49)72(102)84-59(69-90-79(110)113-93-69)37-47-21-27-57(28-22-47)111-43-55-41-99(95-91-55)64-32-34-97(77(107)68(81(6,7)8)89-71(101)46(2)83-10)66(64)75(105)86-61(40-50-20-26-52-16-12-14-18-54(52)36-50)73(103)87-62(78(108)109)38-48-23-29-58(30-24-48)112-44-56-42-98(63)94-92-56/h11-30,35-36,41-42,45-46,59-69,82-83,93H,31-34,37-40,43-44H2,1-10H3,(H,84,102)(H,85,104)(H,86,105)(H,87,103)(H,88,100)(H,89,101)(H,90,110)(H,108,109)/t45-,46-,59-,60-,61-,62+,63+,64+,65-,66-,67+,68+,69?/m0/s1. The molecule has 8 aromatic rings. The van der Waals surface area contributed by atoms with Crippen molar-refractivity contribution in [2.75, 3.05) is 27.2 Å². The molecule has 0 saturated carbocycles. The number of likely N-dealkylation sites (N-methyl/N-ethyl adjacent to an activating group) is 2. The van der Waals surface area contributed by atoms with Gasteiger partial charge in [-0.3, -0.25) is 43.7 Å². The van der Waals surface area contributed by atoms with Crippen LogP contribution in [0.4, 0.5) is 4.79 Å². The van der Waals surface area contributed by atoms with Gasteiger partial charge < -0.3 is 71.8 Å². The van der Waals surface area contributed by atoms with Crippen LogP contribution in [0.25, 0.3) is 21.5 Å². The monoisotopic (exact) mass is 1550 g/mol. The molecule has 6 aromatic carbocycles. The van der Waals surface area contributed by atoms with Crippen molar-refractivity contribution in [3.8, 4) is 11.5 Å². The summed E-state index contributed by atoms with van der Waals surface area (Å²) in [6.45, 7) is 13.8. The Morgan fingerprint density at radius 2 is 0.956 bits per heavy atom. The van der Waals surface area contributed by atoms with E-state index in [9.17, 15) is 24.3 Å². The summed E-state index contributed by atoms with van der Waals surface area (Å²) in [7, 11) is 3.24. The molecule has 7 aliphatic rings. The van der Waals surface area contributed by atoms with Crippen molar-refractivity contribution in [2.24, 2.45) is 10.8 Å². The minimum Gasteiger partial charge on any atom is -0.487 e. The van der Waals surface area contributed by atoms with E-state index in [1.165, 1.54) is 19.2 Å². The van der Waals surface area contributed by atoms with E-state index in [2.05, 4.69) is 74.0 Å². The molecule has 32 nitrogen and oxygen atoms in total. The van der Waals surface area contributed by atoms with Crippen LogP contribution >= 0.6 is 0 Å². The SMILES string of the molecule is CN[C@@H](C)C(=O)N[C@H](C(=O)N1CC[C@@H]2[C@H]1C(=O)N[C@@H](Cc1ccc3ccccc3c1)C(=O)N[C@H](C1NOC(=O)N1)Cc1ccc(cc1)OCc1cn(nn1)[C@@H]1CCN(C(=O)[C@@H](NC(=O)[C@H](C)NC)C(C)(C)C)[C@@H]1C(=O)N[C@@H](Cc1ccc3ccccc3c1)C(=O)N[C@@H](C(=O)O)Cc1ccc(cc1)OCc1cn2nn1)C(C)(C)C. The zero-order chi connectivity index (χ0) is 80.6. The van der Waals surface area contributed by atoms with Gasteiger partial charge in [-0.15, -0.1) is 15.7 Å². The van der Waals surface area contributed by atoms with E-state index < -0.39 is 149 Å². The Hall–Kier alpha value is -11.9. The molecule has 9 amide bonds. The molecular weight excluding hydrogens is 1450 g/mol. The first kappa shape index (κ1) is 80.6. The summed E-state index contributed by atoms with van der Waals surface area (Å²) < 4.78 is 15.5. The van der Waals surface area contributed by atoms with Crippen LogP contribution in [-0.4, -0.2) is 198 Å². The van der Waals surface area contributed by atoms with Gasteiger partial charge in [-0.05, 0) is 126 Å². The van der Waals surface area contributed by atoms with Gasteiger partial charge in [-0.1, -0.05) is 161 Å². The second-order valence-electron chi connectivity index (χ2n) is 31.5. The molecule has 3 saturated heterocycles. The quantitative estimate of drug-likeness (QED) is 0.0738. The highest BCUT2D eigenvalue weighted by Crippen LogP contribution is 2.36. The lowest BCUT2D eigenvalue weighted by molar-refractivity contribution is -0.145. The number of ether oxygens (including phenoxy) is 2. The van der Waals surface area contributed by atoms with Crippen molar-refractivity contribution < 1.29 is 67.4 Å². The number of carbonyl (C=O) groups is 10. The van der Waals surface area contributed by atoms with Gasteiger partial charge in [0.1, 0.15) is 84.6 Å². The van der Waals surface area contributed by atoms with Gasteiger partial charge in [-0.2, -0.15) is 0 Å². The molecule has 3 fully saturated rings. The van der Waals surface area contributed by atoms with Crippen molar-refractivity contribution in [1.82, 2.24) is 93.1 Å². The molecule has 11 N–H and O–H groups in total. The Balaban J connectivity index is 0.897. The molecule has 9 heterocycles. The maximum Gasteiger partial charge on any atom is 0.427 e. The molecule has 2 aromatic heterocycles. The van der Waals surface area contributed by atoms with Gasteiger partial charge in [0, 0.05) is 32.4 Å². The number of aliphatic carboxylic acids is 1. The number of benzene rings is 6. The summed E-state index contributed by atoms with van der Waals surface area (Å²) in [6, 6.07) is 26.5. The van der Waals surface area contributed by atoms with Gasteiger partial charge in [0.15, 0.2) is 0 Å². The lowest BCUT2D eigenvalue weighted by Gasteiger charge is -2.37. The van der Waals surface area contributed by atoms with Crippen LogP contribution in [-0.2, 0) is 86.9 Å². The van der Waals surface area contributed by atoms with Gasteiger partial charge in [0.25, 0.3) is 0 Å². The number of carboxylic acid groups (broad SMARTS) is 1. The van der Waals surface area contributed by atoms with E-state index in [0.29, 0.717) is 45.1 Å². The van der Waals surface area contributed by atoms with Crippen LogP contribution in [0.15, 0.2) is 146 Å². The van der Waals surface area contributed by atoms with E-state index in [1.807, 2.05) is 84.9 Å². The van der Waals surface area contributed by atoms with Gasteiger partial charge >= 0.3 is 12.1 Å². The average molecular weight is 1550 g/mol. The number of carboxylic acids is 1. The number of nitrogens with zero attached hydrogens (tertiary/aromatic N) is 8. The smallest absolute Gasteiger partial charge is 0.427 e. The van der Waals surface area contributed by atoms with Gasteiger partial charge in [0.2, 0.25) is 47.3 Å². The topological polar surface area (TPSA) is 407 Å². The summed E-state index contributed by atoms with van der Waals surface area (Å²) in [5.74, 6) is -5.67. The lowest BCUT2D eigenvalue weighted by Crippen LogP contribution is -2.62. The molecule has 0 aliphatic carbocycles. The largest absolute Gasteiger partial charge is 0.487 e. The van der Waals surface area contributed by atoms with Crippen molar-refractivity contribution in [1.29, 1.82) is 0 Å². The third kappa shape index (κ3) is 19.4. The number of carbonyl (C=O) groups excluding carboxylic acids is 9. The number of hydrogen-bond donors (Lipinski definition) is 11. The molecule has 13 atom stereocenters. The highest BCUT2D eigenvalue weighted by Gasteiger charge is 2.51. The van der Waals surface area contributed by atoms with Crippen molar-refractivity contribution in [3.63, 3.8) is 0 Å². The molecule has 15 rings (SSSR count). The fourth-order valence-corrected chi connectivity index (χ4v) is 14.6. The Bertz CT molecular complexity index is 4830. The molecule has 7 aliphatic heterocycles. The van der Waals surface area contributed by atoms with Crippen molar-refractivity contribution >= 4 is 80.9 Å². The molecule has 596 valence electrons. The predicted molar refractivity (Wildman–Crippen MR) is 414 cm³/mol. The highest BCUT2D eigenvalue weighted by molar-refractivity contribution is 5.98. The molecule has 0 spiro atoms. The summed E-state index contributed by atoms with van der Waals surface area (Å²) in [6.07, 6.45) is 1.41. The Labute approximate surface area is 653 Å². The summed E-state index contributed by atoms with van der Waals surface area (Å²) in [5.41, 5.74) is 4.00. The van der Waals surface area contributed by atoms with E-state index in [1.54, 1.807) is 130 Å². The lowest BCUT2D eigenvalue weighted by atomic mass is 9.85. The predicted octanol–water partition coefficient (Wildman–Crippen LogP) is 3.77. The highest BCUT2D eigenvalue weighted by atomic mass is 16.7. The van der Waals surface area contributed by atoms with E-state index >= 15 is 28.8 Å². The number of hydrogen-bond acceptors (Lipinski definition) is 20. The van der Waals surface area contributed by atoms with Crippen LogP contribution in [0.2, 0.25) is 0 Å². The Morgan fingerprint density at radius 1 is 0.531 bits per heavy atom. The molecule has 32 heteroatoms. The third-order valence-corrected chi connectivity index (χ3v) is 21.3. The van der Waals surface area contributed by atoms with Gasteiger partial charge in [-0.25, -0.2) is 19.0 Å². The maximum atomic E-state index is 15.7. The zero-order valence-corrected chi connectivity index (χ0v) is 64.8. The van der Waals surface area contributed by atoms with Crippen LogP contribution in [0.5, 0.6) is 11.5 Å². The molecular formula is C81H98N18O14. The first-order valence-electron chi connectivity index (χ1n) is 37.9. The second-order valence-corrected chi connectivity index (χ2v) is 31.5. The summed E-state index contributed by atoms with van der Waals surface area (Å²) >= 11 is 0. The second kappa shape index (κ2) is 34.8. The number of amides is 9. The first-order chi connectivity index (χ1) is 54.0. The molecule has 113 heavy (non-hydrogen) atoms. The Kier molecular flexibility index (Phi) is 24.8. The van der Waals surface area contributed by atoms with Crippen LogP contribution in [0, 0.1) is 10.8 Å². The fraction of sp³-hybridized carbons (Fsp3) is 0.432. The first-order valence-corrected chi connectivity index (χ1v) is 37.9. The minimum atomic E-state index is -1.53. The molecule has 1 unspecified atom stereocenters. The maximum absolute atomic E-state index is 15.7. The molecule has 0 radical (unpaired) electrons. The van der Waals surface area contributed by atoms with Crippen LogP contribution in [0.1, 0.15) is 114 Å². The van der Waals surface area contributed by atoms with E-state index in [4.69, 9.17) is 14.3 Å². The third-order valence-electron chi connectivity index (χ3n) is 21.3. The normalized spacial score (nSPS) is 22.7.